The summed E-state index contributed by atoms with van der Waals surface area (Å²) in [6, 6.07) is 8.22. The van der Waals surface area contributed by atoms with E-state index >= 15 is 0 Å². The first-order valence-electron chi connectivity index (χ1n) is 6.29. The van der Waals surface area contributed by atoms with Gasteiger partial charge in [-0.05, 0) is 19.1 Å². The third-order valence-electron chi connectivity index (χ3n) is 2.58. The molecule has 1 aromatic heterocycles. The van der Waals surface area contributed by atoms with Crippen LogP contribution in [0.3, 0.4) is 0 Å². The van der Waals surface area contributed by atoms with E-state index in [1.54, 1.807) is 31.4 Å². The highest BCUT2D eigenvalue weighted by molar-refractivity contribution is 5.58. The third kappa shape index (κ3) is 3.89. The Morgan fingerprint density at radius 1 is 1.25 bits per heavy atom. The van der Waals surface area contributed by atoms with Crippen LogP contribution in [0.25, 0.3) is 0 Å². The molecule has 106 valence electrons. The molecule has 0 bridgehead atoms. The van der Waals surface area contributed by atoms with Crippen molar-refractivity contribution in [3.05, 3.63) is 41.8 Å². The second kappa shape index (κ2) is 6.81. The first kappa shape index (κ1) is 14.2. The molecule has 0 aliphatic heterocycles. The fourth-order valence-corrected chi connectivity index (χ4v) is 1.68. The van der Waals surface area contributed by atoms with E-state index in [1.165, 1.54) is 6.07 Å². The van der Waals surface area contributed by atoms with E-state index < -0.39 is 0 Å². The van der Waals surface area contributed by atoms with Gasteiger partial charge in [-0.25, -0.2) is 9.37 Å². The number of nitrogens with one attached hydrogen (secondary N) is 2. The summed E-state index contributed by atoms with van der Waals surface area (Å²) >= 11 is 0. The van der Waals surface area contributed by atoms with E-state index in [0.29, 0.717) is 30.6 Å². The Morgan fingerprint density at radius 3 is 2.80 bits per heavy atom. The minimum atomic E-state index is -0.322. The monoisotopic (exact) mass is 276 g/mol. The van der Waals surface area contributed by atoms with Gasteiger partial charge in [0.2, 0.25) is 5.95 Å². The maximum atomic E-state index is 13.6. The van der Waals surface area contributed by atoms with Crippen molar-refractivity contribution >= 4 is 17.5 Å². The van der Waals surface area contributed by atoms with Crippen LogP contribution in [0.15, 0.2) is 30.3 Å². The van der Waals surface area contributed by atoms with E-state index in [0.717, 1.165) is 5.69 Å². The third-order valence-corrected chi connectivity index (χ3v) is 2.58. The number of benzene rings is 1. The van der Waals surface area contributed by atoms with Crippen molar-refractivity contribution in [2.45, 2.75) is 6.92 Å². The predicted molar refractivity (Wildman–Crippen MR) is 76.8 cm³/mol. The number of methoxy groups -OCH3 is 1. The van der Waals surface area contributed by atoms with Gasteiger partial charge in [0.1, 0.15) is 11.6 Å². The van der Waals surface area contributed by atoms with Crippen molar-refractivity contribution in [3.8, 4) is 0 Å². The Balaban J connectivity index is 2.13. The van der Waals surface area contributed by atoms with Gasteiger partial charge in [-0.2, -0.15) is 4.98 Å². The van der Waals surface area contributed by atoms with Crippen LogP contribution < -0.4 is 10.6 Å². The quantitative estimate of drug-likeness (QED) is 0.794. The number of hydrogen-bond acceptors (Lipinski definition) is 5. The SMILES string of the molecule is COCCNc1nc(C)cc(Nc2ccccc2F)n1. The van der Waals surface area contributed by atoms with Gasteiger partial charge in [-0.3, -0.25) is 0 Å². The standard InChI is InChI=1S/C14H17FN4O/c1-10-9-13(18-12-6-4-3-5-11(12)15)19-14(17-10)16-7-8-20-2/h3-6,9H,7-8H2,1-2H3,(H2,16,17,18,19). The topological polar surface area (TPSA) is 59.1 Å². The van der Waals surface area contributed by atoms with Crippen molar-refractivity contribution < 1.29 is 9.13 Å². The number of hydrogen-bond donors (Lipinski definition) is 2. The van der Waals surface area contributed by atoms with Gasteiger partial charge >= 0.3 is 0 Å². The normalized spacial score (nSPS) is 10.3. The van der Waals surface area contributed by atoms with Crippen molar-refractivity contribution in [1.82, 2.24) is 9.97 Å². The van der Waals surface area contributed by atoms with Crippen molar-refractivity contribution in [1.29, 1.82) is 0 Å². The molecule has 2 N–H and O–H groups in total. The number of ether oxygens (including phenoxy) is 1. The Hall–Kier alpha value is -2.21. The molecule has 0 saturated heterocycles. The molecule has 0 unspecified atom stereocenters. The summed E-state index contributed by atoms with van der Waals surface area (Å²) in [6.07, 6.45) is 0. The van der Waals surface area contributed by atoms with Gasteiger partial charge in [0, 0.05) is 25.4 Å². The van der Waals surface area contributed by atoms with Gasteiger partial charge in [0.05, 0.1) is 12.3 Å². The van der Waals surface area contributed by atoms with Crippen molar-refractivity contribution in [2.24, 2.45) is 0 Å². The lowest BCUT2D eigenvalue weighted by Gasteiger charge is -2.10. The molecule has 0 fully saturated rings. The van der Waals surface area contributed by atoms with Gasteiger partial charge < -0.3 is 15.4 Å². The van der Waals surface area contributed by atoms with Crippen LogP contribution >= 0.6 is 0 Å². The average Bonchev–Trinajstić information content (AvgIpc) is 2.41. The van der Waals surface area contributed by atoms with Crippen LogP contribution in [0.5, 0.6) is 0 Å². The van der Waals surface area contributed by atoms with Gasteiger partial charge in [0.15, 0.2) is 0 Å². The van der Waals surface area contributed by atoms with E-state index in [1.807, 2.05) is 6.92 Å². The number of rotatable bonds is 6. The maximum Gasteiger partial charge on any atom is 0.224 e. The molecule has 5 nitrogen and oxygen atoms in total. The van der Waals surface area contributed by atoms with E-state index in [9.17, 15) is 4.39 Å². The molecule has 1 aromatic carbocycles. The maximum absolute atomic E-state index is 13.6. The number of para-hydroxylation sites is 1. The number of aryl methyl sites for hydroxylation is 1. The van der Waals surface area contributed by atoms with Crippen LogP contribution in [0.2, 0.25) is 0 Å². The van der Waals surface area contributed by atoms with Gasteiger partial charge in [-0.15, -0.1) is 0 Å². The van der Waals surface area contributed by atoms with E-state index in [2.05, 4.69) is 20.6 Å². The molecule has 20 heavy (non-hydrogen) atoms. The van der Waals surface area contributed by atoms with Gasteiger partial charge in [-0.1, -0.05) is 12.1 Å². The highest BCUT2D eigenvalue weighted by atomic mass is 19.1. The van der Waals surface area contributed by atoms with Crippen molar-refractivity contribution in [2.75, 3.05) is 30.9 Å². The molecule has 0 amide bonds. The number of halogens is 1. The average molecular weight is 276 g/mol. The molecule has 0 spiro atoms. The molecule has 0 aliphatic rings. The molecule has 0 radical (unpaired) electrons. The zero-order chi connectivity index (χ0) is 14.4. The summed E-state index contributed by atoms with van der Waals surface area (Å²) in [4.78, 5) is 8.54. The fraction of sp³-hybridized carbons (Fsp3) is 0.286. The van der Waals surface area contributed by atoms with Crippen LogP contribution in [-0.2, 0) is 4.74 Å². The molecule has 0 aliphatic carbocycles. The summed E-state index contributed by atoms with van der Waals surface area (Å²) in [5, 5.41) is 5.99. The summed E-state index contributed by atoms with van der Waals surface area (Å²) in [7, 11) is 1.63. The van der Waals surface area contributed by atoms with Crippen molar-refractivity contribution in [3.63, 3.8) is 0 Å². The summed E-state index contributed by atoms with van der Waals surface area (Å²) < 4.78 is 18.5. The number of anilines is 3. The Kier molecular flexibility index (Phi) is 4.84. The molecule has 1 heterocycles. The predicted octanol–water partition coefficient (Wildman–Crippen LogP) is 2.73. The minimum Gasteiger partial charge on any atom is -0.383 e. The number of nitrogens with zero attached hydrogens (tertiary/aromatic N) is 2. The van der Waals surface area contributed by atoms with E-state index in [-0.39, 0.29) is 5.82 Å². The highest BCUT2D eigenvalue weighted by Crippen LogP contribution is 2.19. The second-order valence-corrected chi connectivity index (χ2v) is 4.24. The molecule has 0 saturated carbocycles. The molecule has 0 atom stereocenters. The molecule has 2 rings (SSSR count). The Labute approximate surface area is 117 Å². The van der Waals surface area contributed by atoms with Crippen LogP contribution in [-0.4, -0.2) is 30.2 Å². The Morgan fingerprint density at radius 2 is 2.05 bits per heavy atom. The minimum absolute atomic E-state index is 0.322. The van der Waals surface area contributed by atoms with E-state index in [4.69, 9.17) is 4.74 Å². The molecular weight excluding hydrogens is 259 g/mol. The van der Waals surface area contributed by atoms with Gasteiger partial charge in [0.25, 0.3) is 0 Å². The molecular formula is C14H17FN4O. The summed E-state index contributed by atoms with van der Waals surface area (Å²) in [6.45, 7) is 3.03. The zero-order valence-corrected chi connectivity index (χ0v) is 11.5. The number of aromatic nitrogens is 2. The molecule has 2 aromatic rings. The lowest BCUT2D eigenvalue weighted by molar-refractivity contribution is 0.210. The largest absolute Gasteiger partial charge is 0.383 e. The lowest BCUT2D eigenvalue weighted by Crippen LogP contribution is -2.11. The molecule has 6 heteroatoms. The summed E-state index contributed by atoms with van der Waals surface area (Å²) in [5.41, 5.74) is 1.17. The summed E-state index contributed by atoms with van der Waals surface area (Å²) in [5.74, 6) is 0.709. The smallest absolute Gasteiger partial charge is 0.224 e. The first-order valence-corrected chi connectivity index (χ1v) is 6.29. The lowest BCUT2D eigenvalue weighted by atomic mass is 10.3. The first-order chi connectivity index (χ1) is 9.69. The second-order valence-electron chi connectivity index (χ2n) is 4.24. The van der Waals surface area contributed by atoms with Crippen LogP contribution in [0, 0.1) is 12.7 Å². The highest BCUT2D eigenvalue weighted by Gasteiger charge is 2.05. The van der Waals surface area contributed by atoms with Crippen LogP contribution in [0.4, 0.5) is 21.8 Å². The fourth-order valence-electron chi connectivity index (χ4n) is 1.68. The zero-order valence-electron chi connectivity index (χ0n) is 11.5. The Bertz CT molecular complexity index is 577. The van der Waals surface area contributed by atoms with Crippen LogP contribution in [0.1, 0.15) is 5.69 Å².